The molecule has 0 spiro atoms. The summed E-state index contributed by atoms with van der Waals surface area (Å²) in [5, 5.41) is 17.1. The summed E-state index contributed by atoms with van der Waals surface area (Å²) in [6.07, 6.45) is -0.505. The molecular formula is C11H23N3O3. The fraction of sp³-hybridized carbons (Fsp3) is 0.818. The van der Waals surface area contributed by atoms with Gasteiger partial charge in [-0.3, -0.25) is 10.1 Å². The number of hydrogen-bond donors (Lipinski definition) is 4. The van der Waals surface area contributed by atoms with E-state index in [0.29, 0.717) is 13.1 Å². The second kappa shape index (κ2) is 8.03. The maximum atomic E-state index is 11.5. The van der Waals surface area contributed by atoms with Gasteiger partial charge in [0, 0.05) is 13.1 Å². The zero-order valence-electron chi connectivity index (χ0n) is 10.9. The Bertz CT molecular complexity index is 256. The molecule has 2 atom stereocenters. The van der Waals surface area contributed by atoms with Gasteiger partial charge in [0.2, 0.25) is 5.91 Å². The quantitative estimate of drug-likeness (QED) is 0.523. The number of rotatable bonds is 6. The monoisotopic (exact) mass is 245 g/mol. The van der Waals surface area contributed by atoms with Gasteiger partial charge in [-0.15, -0.1) is 0 Å². The minimum absolute atomic E-state index is 0.126. The van der Waals surface area contributed by atoms with Crippen LogP contribution >= 0.6 is 0 Å². The van der Waals surface area contributed by atoms with Crippen LogP contribution in [0, 0.1) is 5.92 Å². The van der Waals surface area contributed by atoms with E-state index in [1.54, 1.807) is 13.8 Å². The van der Waals surface area contributed by atoms with E-state index in [0.717, 1.165) is 0 Å². The molecular weight excluding hydrogens is 222 g/mol. The smallest absolute Gasteiger partial charge is 0.321 e. The number of urea groups is 1. The van der Waals surface area contributed by atoms with Crippen molar-refractivity contribution in [3.05, 3.63) is 0 Å². The van der Waals surface area contributed by atoms with Crippen molar-refractivity contribution >= 4 is 11.9 Å². The largest absolute Gasteiger partial charge is 0.392 e. The summed E-state index contributed by atoms with van der Waals surface area (Å²) in [5.74, 6) is -0.284. The molecule has 6 heteroatoms. The molecule has 6 nitrogen and oxygen atoms in total. The van der Waals surface area contributed by atoms with Gasteiger partial charge in [-0.05, 0) is 19.8 Å². The van der Waals surface area contributed by atoms with Crippen molar-refractivity contribution < 1.29 is 14.7 Å². The van der Waals surface area contributed by atoms with Crippen LogP contribution in [-0.4, -0.2) is 42.3 Å². The number of aliphatic hydroxyl groups is 1. The zero-order valence-corrected chi connectivity index (χ0v) is 10.9. The van der Waals surface area contributed by atoms with E-state index < -0.39 is 24.1 Å². The highest BCUT2D eigenvalue weighted by Gasteiger charge is 2.17. The summed E-state index contributed by atoms with van der Waals surface area (Å²) >= 11 is 0. The predicted molar refractivity (Wildman–Crippen MR) is 65.5 cm³/mol. The highest BCUT2D eigenvalue weighted by atomic mass is 16.3. The molecule has 0 rings (SSSR count). The lowest BCUT2D eigenvalue weighted by molar-refractivity contribution is -0.121. The Hall–Kier alpha value is -1.14. The summed E-state index contributed by atoms with van der Waals surface area (Å²) < 4.78 is 0. The van der Waals surface area contributed by atoms with Crippen LogP contribution < -0.4 is 16.0 Å². The molecule has 2 unspecified atom stereocenters. The summed E-state index contributed by atoms with van der Waals surface area (Å²) in [5.41, 5.74) is 0. The Morgan fingerprint density at radius 3 is 2.29 bits per heavy atom. The van der Waals surface area contributed by atoms with Crippen molar-refractivity contribution in [1.29, 1.82) is 0 Å². The molecule has 0 saturated carbocycles. The van der Waals surface area contributed by atoms with E-state index in [9.17, 15) is 14.7 Å². The first-order chi connectivity index (χ1) is 7.88. The molecule has 0 heterocycles. The van der Waals surface area contributed by atoms with E-state index >= 15 is 0 Å². The molecule has 0 aliphatic carbocycles. The molecule has 3 amide bonds. The van der Waals surface area contributed by atoms with Gasteiger partial charge in [0.25, 0.3) is 0 Å². The minimum Gasteiger partial charge on any atom is -0.392 e. The third kappa shape index (κ3) is 6.91. The van der Waals surface area contributed by atoms with Gasteiger partial charge in [0.1, 0.15) is 0 Å². The van der Waals surface area contributed by atoms with Crippen molar-refractivity contribution in [2.75, 3.05) is 13.1 Å². The maximum Gasteiger partial charge on any atom is 0.321 e. The Kier molecular flexibility index (Phi) is 7.49. The number of carbonyl (C=O) groups is 2. The van der Waals surface area contributed by atoms with Gasteiger partial charge >= 0.3 is 6.03 Å². The van der Waals surface area contributed by atoms with Crippen LogP contribution in [0.2, 0.25) is 0 Å². The molecule has 0 aromatic heterocycles. The van der Waals surface area contributed by atoms with Crippen LogP contribution in [0.3, 0.4) is 0 Å². The first kappa shape index (κ1) is 15.9. The average Bonchev–Trinajstić information content (AvgIpc) is 2.25. The topological polar surface area (TPSA) is 90.5 Å². The Labute approximate surface area is 102 Å². The molecule has 0 aromatic rings. The average molecular weight is 245 g/mol. The lowest BCUT2D eigenvalue weighted by atomic mass is 10.1. The van der Waals surface area contributed by atoms with Crippen molar-refractivity contribution in [3.63, 3.8) is 0 Å². The third-order valence-corrected chi connectivity index (χ3v) is 2.37. The van der Waals surface area contributed by atoms with Crippen LogP contribution in [-0.2, 0) is 4.79 Å². The number of nitrogens with one attached hydrogen (secondary N) is 3. The van der Waals surface area contributed by atoms with Gasteiger partial charge in [0.15, 0.2) is 0 Å². The van der Waals surface area contributed by atoms with Gasteiger partial charge in [-0.1, -0.05) is 13.8 Å². The van der Waals surface area contributed by atoms with Crippen LogP contribution in [0.1, 0.15) is 27.7 Å². The van der Waals surface area contributed by atoms with Crippen LogP contribution in [0.15, 0.2) is 0 Å². The number of aliphatic hydroxyl groups excluding tert-OH is 1. The SMILES string of the molecule is CCNC(=O)NC(=O)C(C)NCC(O)C(C)C. The Balaban J connectivity index is 3.93. The lowest BCUT2D eigenvalue weighted by Crippen LogP contribution is -2.49. The van der Waals surface area contributed by atoms with Gasteiger partial charge in [-0.25, -0.2) is 4.79 Å². The summed E-state index contributed by atoms with van der Waals surface area (Å²) in [4.78, 5) is 22.6. The van der Waals surface area contributed by atoms with Crippen LogP contribution in [0.4, 0.5) is 4.79 Å². The zero-order chi connectivity index (χ0) is 13.4. The lowest BCUT2D eigenvalue weighted by Gasteiger charge is -2.18. The maximum absolute atomic E-state index is 11.5. The molecule has 17 heavy (non-hydrogen) atoms. The summed E-state index contributed by atoms with van der Waals surface area (Å²) in [7, 11) is 0. The Morgan fingerprint density at radius 1 is 1.24 bits per heavy atom. The standard InChI is InChI=1S/C11H23N3O3/c1-5-12-11(17)14-10(16)8(4)13-6-9(15)7(2)3/h7-9,13,15H,5-6H2,1-4H3,(H2,12,14,16,17). The second-order valence-corrected chi connectivity index (χ2v) is 4.29. The summed E-state index contributed by atoms with van der Waals surface area (Å²) in [6, 6.07) is -1.03. The first-order valence-corrected chi connectivity index (χ1v) is 5.88. The predicted octanol–water partition coefficient (Wildman–Crippen LogP) is -0.173. The van der Waals surface area contributed by atoms with Crippen molar-refractivity contribution in [2.24, 2.45) is 5.92 Å². The van der Waals surface area contributed by atoms with E-state index in [1.807, 2.05) is 13.8 Å². The molecule has 0 fully saturated rings. The van der Waals surface area contributed by atoms with Crippen molar-refractivity contribution in [3.8, 4) is 0 Å². The molecule has 0 radical (unpaired) electrons. The molecule has 4 N–H and O–H groups in total. The molecule has 0 aliphatic rings. The normalized spacial score (nSPS) is 14.2. The van der Waals surface area contributed by atoms with E-state index in [4.69, 9.17) is 0 Å². The van der Waals surface area contributed by atoms with Crippen LogP contribution in [0.25, 0.3) is 0 Å². The number of hydrogen-bond acceptors (Lipinski definition) is 4. The first-order valence-electron chi connectivity index (χ1n) is 5.88. The fourth-order valence-corrected chi connectivity index (χ4v) is 1.05. The van der Waals surface area contributed by atoms with E-state index in [1.165, 1.54) is 0 Å². The molecule has 0 bridgehead atoms. The van der Waals surface area contributed by atoms with Gasteiger partial charge in [0.05, 0.1) is 12.1 Å². The molecule has 0 saturated heterocycles. The van der Waals surface area contributed by atoms with E-state index in [-0.39, 0.29) is 5.92 Å². The van der Waals surface area contributed by atoms with Gasteiger partial charge < -0.3 is 15.7 Å². The fourth-order valence-electron chi connectivity index (χ4n) is 1.05. The molecule has 100 valence electrons. The second-order valence-electron chi connectivity index (χ2n) is 4.29. The minimum atomic E-state index is -0.522. The summed E-state index contributed by atoms with van der Waals surface area (Å²) in [6.45, 7) is 7.98. The molecule has 0 aromatic carbocycles. The Morgan fingerprint density at radius 2 is 1.82 bits per heavy atom. The van der Waals surface area contributed by atoms with Crippen molar-refractivity contribution in [1.82, 2.24) is 16.0 Å². The van der Waals surface area contributed by atoms with Crippen LogP contribution in [0.5, 0.6) is 0 Å². The number of amides is 3. The highest BCUT2D eigenvalue weighted by Crippen LogP contribution is 1.99. The highest BCUT2D eigenvalue weighted by molar-refractivity contribution is 5.96. The number of carbonyl (C=O) groups excluding carboxylic acids is 2. The van der Waals surface area contributed by atoms with Gasteiger partial charge in [-0.2, -0.15) is 0 Å². The van der Waals surface area contributed by atoms with E-state index in [2.05, 4.69) is 16.0 Å². The molecule has 0 aliphatic heterocycles. The number of imide groups is 1. The van der Waals surface area contributed by atoms with Crippen molar-refractivity contribution in [2.45, 2.75) is 39.8 Å². The third-order valence-electron chi connectivity index (χ3n) is 2.37.